The first-order chi connectivity index (χ1) is 17.9. The Morgan fingerprint density at radius 2 is 1.00 bits per heavy atom. The Kier molecular flexibility index (Phi) is 3.88. The zero-order valence-corrected chi connectivity index (χ0v) is 19.2. The molecule has 5 nitrogen and oxygen atoms in total. The van der Waals surface area contributed by atoms with Crippen LogP contribution in [0.5, 0.6) is 0 Å². The fourth-order valence-corrected chi connectivity index (χ4v) is 5.75. The Balaban J connectivity index is 1.65. The molecule has 168 valence electrons. The maximum atomic E-state index is 4.49. The smallest absolute Gasteiger partial charge is 0.237 e. The van der Waals surface area contributed by atoms with Gasteiger partial charge in [0, 0.05) is 32.6 Å². The van der Waals surface area contributed by atoms with Gasteiger partial charge in [-0.2, -0.15) is 0 Å². The van der Waals surface area contributed by atoms with E-state index in [9.17, 15) is 0 Å². The van der Waals surface area contributed by atoms with Gasteiger partial charge < -0.3 is 4.57 Å². The summed E-state index contributed by atoms with van der Waals surface area (Å²) in [4.78, 5) is 13.0. The Labute approximate surface area is 205 Å². The van der Waals surface area contributed by atoms with Crippen LogP contribution in [0.25, 0.3) is 66.0 Å². The predicted molar refractivity (Wildman–Crippen MR) is 146 cm³/mol. The molecule has 5 aromatic carbocycles. The molecule has 0 aliphatic heterocycles. The van der Waals surface area contributed by atoms with Crippen molar-refractivity contribution < 1.29 is 0 Å². The van der Waals surface area contributed by atoms with Crippen LogP contribution >= 0.6 is 0 Å². The molecule has 0 aliphatic rings. The molecule has 5 heteroatoms. The molecule has 0 amide bonds. The Hall–Kier alpha value is -5.03. The molecule has 0 bridgehead atoms. The standard InChI is InChI=1S/C31H19N5/c1-2-8-21(9-3-1)35-24-12-6-4-10-22(24)29-26(35)16-14-20-15-17-27-30(28(20)29)23-11-5-7-13-25(23)36(27)31-33-18-32-19-34-31/h1-19H. The van der Waals surface area contributed by atoms with Gasteiger partial charge >= 0.3 is 0 Å². The van der Waals surface area contributed by atoms with Crippen molar-refractivity contribution in [2.24, 2.45) is 0 Å². The molecule has 3 aromatic heterocycles. The molecule has 0 unspecified atom stereocenters. The van der Waals surface area contributed by atoms with Crippen molar-refractivity contribution in [2.75, 3.05) is 0 Å². The highest BCUT2D eigenvalue weighted by atomic mass is 15.2. The van der Waals surface area contributed by atoms with Gasteiger partial charge in [0.15, 0.2) is 0 Å². The minimum absolute atomic E-state index is 0.620. The van der Waals surface area contributed by atoms with Crippen molar-refractivity contribution in [1.29, 1.82) is 0 Å². The van der Waals surface area contributed by atoms with Gasteiger partial charge in [-0.15, -0.1) is 0 Å². The summed E-state index contributed by atoms with van der Waals surface area (Å²) in [6.07, 6.45) is 3.10. The Bertz CT molecular complexity index is 1940. The van der Waals surface area contributed by atoms with Gasteiger partial charge in [-0.3, -0.25) is 4.57 Å². The highest BCUT2D eigenvalue weighted by Crippen LogP contribution is 2.43. The third-order valence-electron chi connectivity index (χ3n) is 7.15. The van der Waals surface area contributed by atoms with Gasteiger partial charge in [-0.25, -0.2) is 15.0 Å². The van der Waals surface area contributed by atoms with Crippen molar-refractivity contribution >= 4 is 54.4 Å². The summed E-state index contributed by atoms with van der Waals surface area (Å²) in [5.74, 6) is 0.620. The number of hydrogen-bond donors (Lipinski definition) is 0. The van der Waals surface area contributed by atoms with Crippen LogP contribution < -0.4 is 0 Å². The van der Waals surface area contributed by atoms with E-state index in [4.69, 9.17) is 0 Å². The fraction of sp³-hybridized carbons (Fsp3) is 0. The summed E-state index contributed by atoms with van der Waals surface area (Å²) in [5.41, 5.74) is 5.71. The number of aromatic nitrogens is 5. The molecule has 8 rings (SSSR count). The van der Waals surface area contributed by atoms with Gasteiger partial charge in [0.2, 0.25) is 5.95 Å². The molecule has 0 atom stereocenters. The largest absolute Gasteiger partial charge is 0.309 e. The second kappa shape index (κ2) is 7.23. The third kappa shape index (κ3) is 2.51. The monoisotopic (exact) mass is 461 g/mol. The summed E-state index contributed by atoms with van der Waals surface area (Å²) in [6.45, 7) is 0. The lowest BCUT2D eigenvalue weighted by Crippen LogP contribution is -2.00. The van der Waals surface area contributed by atoms with E-state index in [-0.39, 0.29) is 0 Å². The van der Waals surface area contributed by atoms with Crippen LogP contribution in [0.15, 0.2) is 116 Å². The molecule has 0 radical (unpaired) electrons. The number of fused-ring (bicyclic) bond motifs is 9. The normalized spacial score (nSPS) is 11.9. The van der Waals surface area contributed by atoms with Crippen LogP contribution in [0.3, 0.4) is 0 Å². The first-order valence-electron chi connectivity index (χ1n) is 12.0. The van der Waals surface area contributed by atoms with Gasteiger partial charge in [0.05, 0.1) is 22.1 Å². The number of benzene rings is 5. The average molecular weight is 462 g/mol. The minimum atomic E-state index is 0.620. The maximum Gasteiger partial charge on any atom is 0.237 e. The lowest BCUT2D eigenvalue weighted by atomic mass is 9.98. The van der Waals surface area contributed by atoms with E-state index in [1.807, 2.05) is 0 Å². The van der Waals surface area contributed by atoms with E-state index in [2.05, 4.69) is 127 Å². The van der Waals surface area contributed by atoms with Crippen LogP contribution in [0.4, 0.5) is 0 Å². The lowest BCUT2D eigenvalue weighted by Gasteiger charge is -2.09. The molecule has 8 aromatic rings. The molecule has 0 N–H and O–H groups in total. The molecule has 36 heavy (non-hydrogen) atoms. The molecule has 0 aliphatic carbocycles. The van der Waals surface area contributed by atoms with Crippen LogP contribution in [0.1, 0.15) is 0 Å². The van der Waals surface area contributed by atoms with Gasteiger partial charge in [-0.05, 0) is 41.8 Å². The molecule has 0 saturated heterocycles. The molecular weight excluding hydrogens is 442 g/mol. The Morgan fingerprint density at radius 1 is 0.444 bits per heavy atom. The van der Waals surface area contributed by atoms with E-state index in [1.165, 1.54) is 43.4 Å². The third-order valence-corrected chi connectivity index (χ3v) is 7.15. The number of nitrogens with zero attached hydrogens (tertiary/aromatic N) is 5. The van der Waals surface area contributed by atoms with Gasteiger partial charge in [-0.1, -0.05) is 66.7 Å². The quantitative estimate of drug-likeness (QED) is 0.273. The number of hydrogen-bond acceptors (Lipinski definition) is 3. The second-order valence-corrected chi connectivity index (χ2v) is 9.00. The Morgan fingerprint density at radius 3 is 1.67 bits per heavy atom. The van der Waals surface area contributed by atoms with Crippen molar-refractivity contribution in [1.82, 2.24) is 24.1 Å². The molecule has 0 spiro atoms. The highest BCUT2D eigenvalue weighted by Gasteiger charge is 2.20. The van der Waals surface area contributed by atoms with E-state index in [1.54, 1.807) is 12.7 Å². The topological polar surface area (TPSA) is 48.5 Å². The number of para-hydroxylation sites is 3. The molecule has 0 fully saturated rings. The number of rotatable bonds is 2. The van der Waals surface area contributed by atoms with Crippen molar-refractivity contribution in [2.45, 2.75) is 0 Å². The van der Waals surface area contributed by atoms with Crippen LogP contribution in [0, 0.1) is 0 Å². The first kappa shape index (κ1) is 19.3. The summed E-state index contributed by atoms with van der Waals surface area (Å²) in [5, 5.41) is 7.36. The van der Waals surface area contributed by atoms with Crippen molar-refractivity contribution in [3.05, 3.63) is 116 Å². The fourth-order valence-electron chi connectivity index (χ4n) is 5.75. The van der Waals surface area contributed by atoms with Crippen LogP contribution in [-0.2, 0) is 0 Å². The maximum absolute atomic E-state index is 4.49. The summed E-state index contributed by atoms with van der Waals surface area (Å²) in [6, 6.07) is 36.7. The minimum Gasteiger partial charge on any atom is -0.309 e. The van der Waals surface area contributed by atoms with Crippen LogP contribution in [0.2, 0.25) is 0 Å². The lowest BCUT2D eigenvalue weighted by molar-refractivity contribution is 0.940. The van der Waals surface area contributed by atoms with E-state index in [0.29, 0.717) is 5.95 Å². The SMILES string of the molecule is c1ccc(-n2c3ccccc3c3c4c(ccc32)ccc2c4c3ccccc3n2-c2ncncn2)cc1. The molecule has 0 saturated carbocycles. The average Bonchev–Trinajstić information content (AvgIpc) is 3.47. The zero-order valence-electron chi connectivity index (χ0n) is 19.2. The summed E-state index contributed by atoms with van der Waals surface area (Å²) in [7, 11) is 0. The van der Waals surface area contributed by atoms with Crippen LogP contribution in [-0.4, -0.2) is 24.1 Å². The second-order valence-electron chi connectivity index (χ2n) is 9.00. The van der Waals surface area contributed by atoms with E-state index >= 15 is 0 Å². The first-order valence-corrected chi connectivity index (χ1v) is 12.0. The zero-order chi connectivity index (χ0) is 23.6. The molecular formula is C31H19N5. The van der Waals surface area contributed by atoms with Gasteiger partial charge in [0.25, 0.3) is 0 Å². The van der Waals surface area contributed by atoms with Crippen molar-refractivity contribution in [3.8, 4) is 11.6 Å². The van der Waals surface area contributed by atoms with E-state index < -0.39 is 0 Å². The summed E-state index contributed by atoms with van der Waals surface area (Å²) < 4.78 is 4.51. The summed E-state index contributed by atoms with van der Waals surface area (Å²) >= 11 is 0. The van der Waals surface area contributed by atoms with E-state index in [0.717, 1.165) is 16.7 Å². The molecule has 3 heterocycles. The predicted octanol–water partition coefficient (Wildman–Crippen LogP) is 7.22. The van der Waals surface area contributed by atoms with Gasteiger partial charge in [0.1, 0.15) is 12.7 Å². The van der Waals surface area contributed by atoms with Crippen molar-refractivity contribution in [3.63, 3.8) is 0 Å². The highest BCUT2D eigenvalue weighted by molar-refractivity contribution is 6.32.